The molecule has 1 amide bonds. The molecule has 12 nitrogen and oxygen atoms in total. The maximum absolute atomic E-state index is 13.8. The van der Waals surface area contributed by atoms with Gasteiger partial charge in [-0.3, -0.25) is 9.29 Å². The van der Waals surface area contributed by atoms with Crippen molar-refractivity contribution in [2.45, 2.75) is 58.0 Å². The van der Waals surface area contributed by atoms with Crippen LogP contribution < -0.4 is 16.1 Å². The summed E-state index contributed by atoms with van der Waals surface area (Å²) in [5.74, 6) is -0.491. The molecule has 39 heavy (non-hydrogen) atoms. The molecule has 2 aromatic heterocycles. The number of amides is 1. The van der Waals surface area contributed by atoms with Crippen molar-refractivity contribution < 1.29 is 13.2 Å². The first kappa shape index (κ1) is 27.1. The fourth-order valence-corrected chi connectivity index (χ4v) is 6.62. The van der Waals surface area contributed by atoms with E-state index in [-0.39, 0.29) is 35.2 Å². The zero-order chi connectivity index (χ0) is 27.6. The minimum Gasteiger partial charge on any atom is -0.382 e. The average molecular weight is 557 g/mol. The minimum absolute atomic E-state index is 0.0810. The first-order valence-corrected chi connectivity index (χ1v) is 15.3. The fourth-order valence-electron chi connectivity index (χ4n) is 5.61. The number of benzene rings is 1. The summed E-state index contributed by atoms with van der Waals surface area (Å²) in [6, 6.07) is 9.26. The summed E-state index contributed by atoms with van der Waals surface area (Å²) in [4.78, 5) is 40.2. The molecular formula is C26H36N8O4S. The Labute approximate surface area is 227 Å². The van der Waals surface area contributed by atoms with Gasteiger partial charge in [0.2, 0.25) is 16.0 Å². The fraction of sp³-hybridized carbons (Fsp3) is 0.538. The molecule has 13 heteroatoms. The zero-order valence-corrected chi connectivity index (χ0v) is 23.1. The van der Waals surface area contributed by atoms with Crippen LogP contribution in [0.2, 0.25) is 0 Å². The summed E-state index contributed by atoms with van der Waals surface area (Å²) in [5, 5.41) is 0. The second kappa shape index (κ2) is 11.3. The smallest absolute Gasteiger partial charge is 0.339 e. The van der Waals surface area contributed by atoms with Crippen LogP contribution in [-0.2, 0) is 16.6 Å². The highest BCUT2D eigenvalue weighted by Gasteiger charge is 2.32. The predicted octanol–water partition coefficient (Wildman–Crippen LogP) is 2.29. The van der Waals surface area contributed by atoms with Gasteiger partial charge < -0.3 is 15.5 Å². The number of hydrogen-bond donors (Lipinski definition) is 2. The van der Waals surface area contributed by atoms with Gasteiger partial charge in [0.25, 0.3) is 0 Å². The van der Waals surface area contributed by atoms with Crippen LogP contribution in [-0.4, -0.2) is 81.3 Å². The third kappa shape index (κ3) is 5.78. The number of anilines is 2. The summed E-state index contributed by atoms with van der Waals surface area (Å²) in [7, 11) is -3.70. The normalized spacial score (nSPS) is 17.5. The Kier molecular flexibility index (Phi) is 7.89. The maximum atomic E-state index is 13.8. The topological polar surface area (TPSA) is 148 Å². The number of nitrogens with one attached hydrogen (secondary N) is 1. The van der Waals surface area contributed by atoms with Gasteiger partial charge in [-0.25, -0.2) is 22.6 Å². The molecule has 3 aromatic rings. The molecular weight excluding hydrogens is 520 g/mol. The molecule has 4 heterocycles. The van der Waals surface area contributed by atoms with Gasteiger partial charge in [0.15, 0.2) is 11.5 Å². The number of carbonyl (C=O) groups excluding carboxylic acids is 1. The van der Waals surface area contributed by atoms with Crippen LogP contribution in [0, 0.1) is 0 Å². The second-order valence-electron chi connectivity index (χ2n) is 10.3. The van der Waals surface area contributed by atoms with Crippen LogP contribution >= 0.6 is 0 Å². The van der Waals surface area contributed by atoms with Crippen LogP contribution in [0.3, 0.4) is 0 Å². The molecule has 0 saturated carbocycles. The number of sulfonamides is 1. The Morgan fingerprint density at radius 3 is 2.41 bits per heavy atom. The lowest BCUT2D eigenvalue weighted by molar-refractivity contribution is 0.102. The van der Waals surface area contributed by atoms with Crippen LogP contribution in [0.15, 0.2) is 35.1 Å². The van der Waals surface area contributed by atoms with Crippen LogP contribution in [0.25, 0.3) is 11.2 Å². The molecule has 3 N–H and O–H groups in total. The third-order valence-corrected chi connectivity index (χ3v) is 8.97. The highest BCUT2D eigenvalue weighted by molar-refractivity contribution is 7.92. The van der Waals surface area contributed by atoms with Crippen molar-refractivity contribution >= 4 is 39.0 Å². The predicted molar refractivity (Wildman–Crippen MR) is 150 cm³/mol. The molecule has 2 aliphatic heterocycles. The quantitative estimate of drug-likeness (QED) is 0.450. The Balaban J connectivity index is 1.50. The first-order valence-electron chi connectivity index (χ1n) is 13.6. The van der Waals surface area contributed by atoms with Crippen LogP contribution in [0.4, 0.5) is 16.6 Å². The number of nitrogens with zero attached hydrogens (tertiary/aromatic N) is 6. The number of imidazole rings is 1. The lowest BCUT2D eigenvalue weighted by Gasteiger charge is -2.40. The van der Waals surface area contributed by atoms with Crippen molar-refractivity contribution in [2.24, 2.45) is 0 Å². The van der Waals surface area contributed by atoms with Gasteiger partial charge in [-0.05, 0) is 50.8 Å². The highest BCUT2D eigenvalue weighted by atomic mass is 32.2. The number of aromatic nitrogens is 4. The van der Waals surface area contributed by atoms with E-state index in [1.54, 1.807) is 11.8 Å². The van der Waals surface area contributed by atoms with E-state index in [1.165, 1.54) is 23.8 Å². The molecule has 0 aliphatic carbocycles. The molecule has 2 fully saturated rings. The lowest BCUT2D eigenvalue weighted by Crippen LogP contribution is -2.50. The van der Waals surface area contributed by atoms with Gasteiger partial charge in [-0.2, -0.15) is 9.97 Å². The van der Waals surface area contributed by atoms with E-state index in [0.717, 1.165) is 36.1 Å². The van der Waals surface area contributed by atoms with Crippen molar-refractivity contribution in [3.63, 3.8) is 0 Å². The van der Waals surface area contributed by atoms with Crippen LogP contribution in [0.1, 0.15) is 51.0 Å². The van der Waals surface area contributed by atoms with Crippen molar-refractivity contribution in [2.75, 3.05) is 42.4 Å². The molecule has 0 unspecified atom stereocenters. The van der Waals surface area contributed by atoms with E-state index < -0.39 is 21.7 Å². The molecule has 5 rings (SSSR count). The number of hydrogen-bond acceptors (Lipinski definition) is 8. The maximum Gasteiger partial charge on any atom is 0.339 e. The third-order valence-electron chi connectivity index (χ3n) is 7.53. The number of nitrogens with two attached hydrogens (primary N) is 1. The second-order valence-corrected chi connectivity index (χ2v) is 12.2. The number of piperidine rings is 2. The molecule has 0 bridgehead atoms. The van der Waals surface area contributed by atoms with Crippen molar-refractivity contribution in [3.05, 3.63) is 46.4 Å². The molecule has 0 spiro atoms. The van der Waals surface area contributed by atoms with E-state index >= 15 is 0 Å². The Bertz CT molecular complexity index is 1490. The number of fused-ring (bicyclic) bond motifs is 1. The first-order chi connectivity index (χ1) is 18.8. The van der Waals surface area contributed by atoms with Gasteiger partial charge in [-0.15, -0.1) is 0 Å². The molecule has 0 radical (unpaired) electrons. The van der Waals surface area contributed by atoms with Gasteiger partial charge in [0.1, 0.15) is 5.52 Å². The van der Waals surface area contributed by atoms with Gasteiger partial charge in [0.05, 0.1) is 12.3 Å². The molecule has 2 aliphatic rings. The van der Waals surface area contributed by atoms with Crippen LogP contribution in [0.5, 0.6) is 0 Å². The average Bonchev–Trinajstić information content (AvgIpc) is 3.20. The van der Waals surface area contributed by atoms with Gasteiger partial charge >= 0.3 is 11.7 Å². The van der Waals surface area contributed by atoms with E-state index in [0.29, 0.717) is 25.6 Å². The van der Waals surface area contributed by atoms with Crippen molar-refractivity contribution in [1.29, 1.82) is 0 Å². The van der Waals surface area contributed by atoms with Gasteiger partial charge in [0, 0.05) is 19.1 Å². The van der Waals surface area contributed by atoms with Gasteiger partial charge in [-0.1, -0.05) is 43.7 Å². The lowest BCUT2D eigenvalue weighted by atomic mass is 10.0. The van der Waals surface area contributed by atoms with E-state index in [9.17, 15) is 18.0 Å². The Morgan fingerprint density at radius 1 is 1.05 bits per heavy atom. The molecule has 210 valence electrons. The largest absolute Gasteiger partial charge is 0.382 e. The Morgan fingerprint density at radius 2 is 1.74 bits per heavy atom. The standard InChI is InChI=1S/C26H36N8O4S/c1-2-17-39(37,38)30-24-28-22(27)21-23(29-24)33(18-19-9-5-3-6-10-19)26(36)34(21)25(35)32-15-11-20(12-16-32)31-13-7-4-8-14-31/h3,5-6,9-10,20H,2,4,7-8,11-18H2,1H3,(H3,27,28,29,30). The minimum atomic E-state index is -3.70. The van der Waals surface area contributed by atoms with E-state index in [2.05, 4.69) is 19.6 Å². The van der Waals surface area contributed by atoms with E-state index in [1.807, 2.05) is 30.3 Å². The number of likely N-dealkylation sites (tertiary alicyclic amines) is 2. The molecule has 2 saturated heterocycles. The van der Waals surface area contributed by atoms with Crippen molar-refractivity contribution in [1.82, 2.24) is 28.9 Å². The van der Waals surface area contributed by atoms with Crippen molar-refractivity contribution in [3.8, 4) is 0 Å². The highest BCUT2D eigenvalue weighted by Crippen LogP contribution is 2.24. The number of carbonyl (C=O) groups is 1. The molecule has 1 aromatic carbocycles. The number of rotatable bonds is 7. The van der Waals surface area contributed by atoms with E-state index in [4.69, 9.17) is 5.73 Å². The monoisotopic (exact) mass is 556 g/mol. The summed E-state index contributed by atoms with van der Waals surface area (Å²) < 4.78 is 29.5. The zero-order valence-electron chi connectivity index (χ0n) is 22.3. The summed E-state index contributed by atoms with van der Waals surface area (Å²) >= 11 is 0. The Hall–Kier alpha value is -3.45. The number of nitrogen functional groups attached to an aromatic ring is 1. The summed E-state index contributed by atoms with van der Waals surface area (Å²) in [5.41, 5.74) is 6.68. The summed E-state index contributed by atoms with van der Waals surface area (Å²) in [6.45, 7) is 5.15. The summed E-state index contributed by atoms with van der Waals surface area (Å²) in [6.07, 6.45) is 5.80. The SMILES string of the molecule is CCCS(=O)(=O)Nc1nc(N)c2c(n1)n(Cc1ccccc1)c(=O)n2C(=O)N1CCC(N2CCCCC2)CC1. The molecule has 0 atom stereocenters.